The molecule has 0 saturated heterocycles. The van der Waals surface area contributed by atoms with E-state index in [0.717, 1.165) is 5.69 Å². The first-order chi connectivity index (χ1) is 10.6. The first-order valence-corrected chi connectivity index (χ1v) is 7.97. The molecule has 2 aromatic heterocycles. The van der Waals surface area contributed by atoms with Crippen molar-refractivity contribution in [3.05, 3.63) is 48.5 Å². The quantitative estimate of drug-likeness (QED) is 0.837. The Kier molecular flexibility index (Phi) is 5.47. The second kappa shape index (κ2) is 7.54. The van der Waals surface area contributed by atoms with E-state index in [4.69, 9.17) is 4.74 Å². The molecule has 0 aromatic carbocycles. The number of rotatable bonds is 5. The van der Waals surface area contributed by atoms with Crippen LogP contribution in [0.5, 0.6) is 5.75 Å². The smallest absolute Gasteiger partial charge is 0.242 e. The van der Waals surface area contributed by atoms with Gasteiger partial charge in [-0.2, -0.15) is 4.72 Å². The van der Waals surface area contributed by atoms with Crippen LogP contribution in [0.15, 0.2) is 47.8 Å². The highest BCUT2D eigenvalue weighted by Gasteiger charge is 2.11. The second-order valence-corrected chi connectivity index (χ2v) is 6.06. The van der Waals surface area contributed by atoms with Gasteiger partial charge in [-0.15, -0.1) is 0 Å². The van der Waals surface area contributed by atoms with Gasteiger partial charge in [-0.05, 0) is 31.2 Å². The number of hydrogen-bond donors (Lipinski definition) is 1. The Hall–Kier alpha value is -2.43. The summed E-state index contributed by atoms with van der Waals surface area (Å²) in [5.41, 5.74) is 0.906. The van der Waals surface area contributed by atoms with E-state index in [2.05, 4.69) is 26.5 Å². The number of nitrogens with one attached hydrogen (secondary N) is 1. The Morgan fingerprint density at radius 3 is 2.77 bits per heavy atom. The third-order valence-electron chi connectivity index (χ3n) is 2.62. The molecule has 0 saturated carbocycles. The lowest BCUT2D eigenvalue weighted by atomic mass is 10.4. The van der Waals surface area contributed by atoms with Crippen molar-refractivity contribution in [2.75, 3.05) is 13.2 Å². The van der Waals surface area contributed by atoms with E-state index in [9.17, 15) is 8.42 Å². The zero-order valence-corrected chi connectivity index (χ0v) is 12.8. The zero-order valence-electron chi connectivity index (χ0n) is 12.0. The molecule has 6 nitrogen and oxygen atoms in total. The molecular formula is C15H15N3O3S. The van der Waals surface area contributed by atoms with Crippen molar-refractivity contribution in [2.45, 2.75) is 11.8 Å². The monoisotopic (exact) mass is 317 g/mol. The highest BCUT2D eigenvalue weighted by Crippen LogP contribution is 2.07. The number of ether oxygens (including phenoxy) is 1. The predicted molar refractivity (Wildman–Crippen MR) is 81.7 cm³/mol. The van der Waals surface area contributed by atoms with Gasteiger partial charge in [0, 0.05) is 18.1 Å². The normalized spacial score (nSPS) is 10.6. The molecule has 0 fully saturated rings. The van der Waals surface area contributed by atoms with E-state index in [0.29, 0.717) is 5.75 Å². The third-order valence-corrected chi connectivity index (χ3v) is 4.00. The lowest BCUT2D eigenvalue weighted by molar-refractivity contribution is 0.368. The van der Waals surface area contributed by atoms with Crippen LogP contribution in [0.1, 0.15) is 5.69 Å². The van der Waals surface area contributed by atoms with Gasteiger partial charge in [0.2, 0.25) is 10.0 Å². The van der Waals surface area contributed by atoms with Gasteiger partial charge in [0.1, 0.15) is 17.3 Å². The standard InChI is InChI=1S/C15H15N3O3S/c1-13-6-7-14(11-17-13)21-10-3-2-9-18-22(19,20)15-5-4-8-16-12-15/h4-8,11-12,18H,9-10H2,1H3. The molecule has 0 amide bonds. The Labute approximate surface area is 129 Å². The van der Waals surface area contributed by atoms with Gasteiger partial charge in [0.05, 0.1) is 12.7 Å². The van der Waals surface area contributed by atoms with Crippen molar-refractivity contribution < 1.29 is 13.2 Å². The fourth-order valence-electron chi connectivity index (χ4n) is 1.49. The van der Waals surface area contributed by atoms with Crippen molar-refractivity contribution in [1.29, 1.82) is 0 Å². The van der Waals surface area contributed by atoms with Crippen molar-refractivity contribution in [3.8, 4) is 17.6 Å². The Balaban J connectivity index is 1.78. The van der Waals surface area contributed by atoms with E-state index in [-0.39, 0.29) is 18.0 Å². The van der Waals surface area contributed by atoms with Gasteiger partial charge in [-0.1, -0.05) is 11.8 Å². The molecule has 2 rings (SSSR count). The lowest BCUT2D eigenvalue weighted by Gasteiger charge is -2.02. The number of pyridine rings is 2. The molecule has 114 valence electrons. The van der Waals surface area contributed by atoms with E-state index in [1.54, 1.807) is 18.3 Å². The summed E-state index contributed by atoms with van der Waals surface area (Å²) in [5, 5.41) is 0. The average molecular weight is 317 g/mol. The first kappa shape index (κ1) is 15.9. The number of aryl methyl sites for hydroxylation is 1. The highest BCUT2D eigenvalue weighted by molar-refractivity contribution is 7.89. The van der Waals surface area contributed by atoms with Gasteiger partial charge >= 0.3 is 0 Å². The summed E-state index contributed by atoms with van der Waals surface area (Å²) in [5.74, 6) is 6.04. The topological polar surface area (TPSA) is 81.2 Å². The fraction of sp³-hybridized carbons (Fsp3) is 0.200. The van der Waals surface area contributed by atoms with Crippen LogP contribution in [0.4, 0.5) is 0 Å². The minimum absolute atomic E-state index is 0.00668. The SMILES string of the molecule is Cc1ccc(OCC#CCNS(=O)(=O)c2cccnc2)cn1. The van der Waals surface area contributed by atoms with Crippen LogP contribution >= 0.6 is 0 Å². The van der Waals surface area contributed by atoms with Crippen LogP contribution in [0, 0.1) is 18.8 Å². The molecular weight excluding hydrogens is 302 g/mol. The summed E-state index contributed by atoms with van der Waals surface area (Å²) in [6.07, 6.45) is 4.40. The van der Waals surface area contributed by atoms with Gasteiger partial charge in [0.25, 0.3) is 0 Å². The molecule has 22 heavy (non-hydrogen) atoms. The van der Waals surface area contributed by atoms with Gasteiger partial charge in [-0.3, -0.25) is 9.97 Å². The third kappa shape index (κ3) is 4.84. The molecule has 0 atom stereocenters. The Morgan fingerprint density at radius 2 is 2.09 bits per heavy atom. The number of hydrogen-bond acceptors (Lipinski definition) is 5. The van der Waals surface area contributed by atoms with Crippen LogP contribution in [-0.2, 0) is 10.0 Å². The van der Waals surface area contributed by atoms with E-state index in [1.165, 1.54) is 18.5 Å². The summed E-state index contributed by atoms with van der Waals surface area (Å²) in [6, 6.07) is 6.67. The molecule has 0 bridgehead atoms. The summed E-state index contributed by atoms with van der Waals surface area (Å²) in [6.45, 7) is 2.06. The van der Waals surface area contributed by atoms with Crippen molar-refractivity contribution in [3.63, 3.8) is 0 Å². The number of aromatic nitrogens is 2. The van der Waals surface area contributed by atoms with Gasteiger partial charge in [0.15, 0.2) is 0 Å². The lowest BCUT2D eigenvalue weighted by Crippen LogP contribution is -2.24. The molecule has 0 aliphatic heterocycles. The van der Waals surface area contributed by atoms with Crippen LogP contribution in [0.3, 0.4) is 0 Å². The fourth-order valence-corrected chi connectivity index (χ4v) is 2.38. The second-order valence-electron chi connectivity index (χ2n) is 4.29. The largest absolute Gasteiger partial charge is 0.479 e. The highest BCUT2D eigenvalue weighted by atomic mass is 32.2. The predicted octanol–water partition coefficient (Wildman–Crippen LogP) is 1.15. The van der Waals surface area contributed by atoms with E-state index < -0.39 is 10.0 Å². The van der Waals surface area contributed by atoms with Crippen molar-refractivity contribution >= 4 is 10.0 Å². The molecule has 2 aromatic rings. The molecule has 0 aliphatic rings. The Morgan fingerprint density at radius 1 is 1.23 bits per heavy atom. The maximum Gasteiger partial charge on any atom is 0.242 e. The average Bonchev–Trinajstić information content (AvgIpc) is 2.53. The molecule has 2 heterocycles. The summed E-state index contributed by atoms with van der Waals surface area (Å²) in [7, 11) is -3.57. The first-order valence-electron chi connectivity index (χ1n) is 6.49. The summed E-state index contributed by atoms with van der Waals surface area (Å²) in [4.78, 5) is 7.97. The minimum Gasteiger partial charge on any atom is -0.479 e. The van der Waals surface area contributed by atoms with E-state index >= 15 is 0 Å². The molecule has 0 spiro atoms. The van der Waals surface area contributed by atoms with Gasteiger partial charge < -0.3 is 4.74 Å². The molecule has 0 radical (unpaired) electrons. The van der Waals surface area contributed by atoms with Crippen molar-refractivity contribution in [1.82, 2.24) is 14.7 Å². The zero-order chi connectivity index (χ0) is 15.8. The van der Waals surface area contributed by atoms with Crippen molar-refractivity contribution in [2.24, 2.45) is 0 Å². The number of sulfonamides is 1. The van der Waals surface area contributed by atoms with Gasteiger partial charge in [-0.25, -0.2) is 8.42 Å². The molecule has 0 aliphatic carbocycles. The van der Waals surface area contributed by atoms with Crippen LogP contribution in [-0.4, -0.2) is 31.5 Å². The van der Waals surface area contributed by atoms with Crippen LogP contribution < -0.4 is 9.46 Å². The number of nitrogens with zero attached hydrogens (tertiary/aromatic N) is 2. The minimum atomic E-state index is -3.57. The summed E-state index contributed by atoms with van der Waals surface area (Å²) >= 11 is 0. The Bertz CT molecular complexity index is 763. The maximum atomic E-state index is 11.9. The van der Waals surface area contributed by atoms with Crippen LogP contribution in [0.25, 0.3) is 0 Å². The van der Waals surface area contributed by atoms with E-state index in [1.807, 2.05) is 13.0 Å². The maximum absolute atomic E-state index is 11.9. The molecule has 1 N–H and O–H groups in total. The molecule has 0 unspecified atom stereocenters. The summed E-state index contributed by atoms with van der Waals surface area (Å²) < 4.78 is 31.4. The molecule has 7 heteroatoms. The van der Waals surface area contributed by atoms with Crippen LogP contribution in [0.2, 0.25) is 0 Å².